The van der Waals surface area contributed by atoms with Crippen molar-refractivity contribution in [3.05, 3.63) is 54.0 Å². The summed E-state index contributed by atoms with van der Waals surface area (Å²) in [6, 6.07) is 9.88. The zero-order chi connectivity index (χ0) is 15.8. The van der Waals surface area contributed by atoms with Crippen molar-refractivity contribution in [1.82, 2.24) is 14.7 Å². The van der Waals surface area contributed by atoms with E-state index in [9.17, 15) is 4.79 Å². The smallest absolute Gasteiger partial charge is 0.290 e. The van der Waals surface area contributed by atoms with Crippen LogP contribution in [0.3, 0.4) is 0 Å². The third-order valence-corrected chi connectivity index (χ3v) is 4.63. The van der Waals surface area contributed by atoms with E-state index < -0.39 is 0 Å². The molecule has 1 fully saturated rings. The lowest BCUT2D eigenvalue weighted by molar-refractivity contribution is 0.0690. The van der Waals surface area contributed by atoms with E-state index >= 15 is 0 Å². The van der Waals surface area contributed by atoms with E-state index in [0.29, 0.717) is 5.76 Å². The lowest BCUT2D eigenvalue weighted by Gasteiger charge is -2.24. The summed E-state index contributed by atoms with van der Waals surface area (Å²) in [5, 5.41) is 5.27. The van der Waals surface area contributed by atoms with E-state index in [1.165, 1.54) is 0 Å². The molecular formula is C18H19N3O2. The van der Waals surface area contributed by atoms with Crippen LogP contribution in [0.25, 0.3) is 11.0 Å². The van der Waals surface area contributed by atoms with E-state index in [1.54, 1.807) is 6.20 Å². The van der Waals surface area contributed by atoms with Crippen molar-refractivity contribution in [3.8, 4) is 0 Å². The van der Waals surface area contributed by atoms with Crippen molar-refractivity contribution < 1.29 is 9.21 Å². The number of carbonyl (C=O) groups is 1. The molecular weight excluding hydrogens is 290 g/mol. The third-order valence-electron chi connectivity index (χ3n) is 4.63. The first-order valence-electron chi connectivity index (χ1n) is 8.00. The minimum absolute atomic E-state index is 0.00615. The number of fused-ring (bicyclic) bond motifs is 1. The van der Waals surface area contributed by atoms with Gasteiger partial charge in [-0.1, -0.05) is 18.2 Å². The minimum Gasteiger partial charge on any atom is -0.451 e. The largest absolute Gasteiger partial charge is 0.451 e. The maximum atomic E-state index is 13.0. The second-order valence-corrected chi connectivity index (χ2v) is 6.08. The Hall–Kier alpha value is -2.56. The van der Waals surface area contributed by atoms with Gasteiger partial charge in [-0.15, -0.1) is 0 Å². The molecule has 5 nitrogen and oxygen atoms in total. The Morgan fingerprint density at radius 3 is 3.00 bits per heavy atom. The topological polar surface area (TPSA) is 51.3 Å². The van der Waals surface area contributed by atoms with Gasteiger partial charge in [0.05, 0.1) is 12.6 Å². The summed E-state index contributed by atoms with van der Waals surface area (Å²) >= 11 is 0. The van der Waals surface area contributed by atoms with Crippen molar-refractivity contribution in [3.63, 3.8) is 0 Å². The molecule has 3 aromatic rings. The number of hydrogen-bond donors (Lipinski definition) is 0. The van der Waals surface area contributed by atoms with Gasteiger partial charge in [0, 0.05) is 29.9 Å². The monoisotopic (exact) mass is 309 g/mol. The van der Waals surface area contributed by atoms with Gasteiger partial charge in [0.15, 0.2) is 5.76 Å². The molecule has 1 aliphatic heterocycles. The molecule has 1 saturated heterocycles. The number of rotatable bonds is 3. The van der Waals surface area contributed by atoms with Crippen molar-refractivity contribution in [2.75, 3.05) is 6.54 Å². The Kier molecular flexibility index (Phi) is 3.41. The van der Waals surface area contributed by atoms with Crippen LogP contribution >= 0.6 is 0 Å². The summed E-state index contributed by atoms with van der Waals surface area (Å²) in [4.78, 5) is 14.9. The van der Waals surface area contributed by atoms with Gasteiger partial charge in [-0.3, -0.25) is 9.48 Å². The first-order valence-corrected chi connectivity index (χ1v) is 8.00. The molecule has 118 valence electrons. The molecule has 0 radical (unpaired) electrons. The Bertz CT molecular complexity index is 835. The molecule has 0 saturated carbocycles. The minimum atomic E-state index is -0.00615. The van der Waals surface area contributed by atoms with Gasteiger partial charge < -0.3 is 9.32 Å². The molecule has 0 spiro atoms. The molecule has 1 unspecified atom stereocenters. The maximum absolute atomic E-state index is 13.0. The number of furan rings is 1. The maximum Gasteiger partial charge on any atom is 0.290 e. The Labute approximate surface area is 134 Å². The molecule has 3 heterocycles. The highest BCUT2D eigenvalue weighted by atomic mass is 16.3. The van der Waals surface area contributed by atoms with Gasteiger partial charge in [0.25, 0.3) is 5.91 Å². The van der Waals surface area contributed by atoms with Crippen LogP contribution in [0.5, 0.6) is 0 Å². The number of carbonyl (C=O) groups excluding carboxylic acids is 1. The fraction of sp³-hybridized carbons (Fsp3) is 0.333. The standard InChI is InChI=1S/C18H19N3O2/c1-13-15-7-2-3-8-16(15)23-17(13)18(22)21-11-4-6-14(21)12-20-10-5-9-19-20/h2-3,5,7-10,14H,4,6,11-12H2,1H3. The summed E-state index contributed by atoms with van der Waals surface area (Å²) in [7, 11) is 0. The summed E-state index contributed by atoms with van der Waals surface area (Å²) in [5.41, 5.74) is 1.70. The number of aromatic nitrogens is 2. The highest BCUT2D eigenvalue weighted by molar-refractivity contribution is 5.99. The Balaban J connectivity index is 1.63. The van der Waals surface area contributed by atoms with Crippen LogP contribution < -0.4 is 0 Å². The van der Waals surface area contributed by atoms with E-state index in [2.05, 4.69) is 5.10 Å². The molecule has 0 N–H and O–H groups in total. The zero-order valence-electron chi connectivity index (χ0n) is 13.1. The molecule has 0 aliphatic carbocycles. The van der Waals surface area contributed by atoms with Crippen molar-refractivity contribution in [1.29, 1.82) is 0 Å². The van der Waals surface area contributed by atoms with Gasteiger partial charge >= 0.3 is 0 Å². The fourth-order valence-corrected chi connectivity index (χ4v) is 3.43. The van der Waals surface area contributed by atoms with Crippen LogP contribution in [-0.4, -0.2) is 33.2 Å². The molecule has 1 atom stereocenters. The predicted octanol–water partition coefficient (Wildman–Crippen LogP) is 3.24. The fourth-order valence-electron chi connectivity index (χ4n) is 3.43. The van der Waals surface area contributed by atoms with E-state index in [0.717, 1.165) is 42.5 Å². The van der Waals surface area contributed by atoms with Crippen LogP contribution in [0.2, 0.25) is 0 Å². The Morgan fingerprint density at radius 2 is 2.22 bits per heavy atom. The summed E-state index contributed by atoms with van der Waals surface area (Å²) in [5.74, 6) is 0.465. The normalized spacial score (nSPS) is 18.0. The van der Waals surface area contributed by atoms with Crippen LogP contribution in [0.1, 0.15) is 29.0 Å². The van der Waals surface area contributed by atoms with E-state index in [-0.39, 0.29) is 11.9 Å². The number of nitrogens with zero attached hydrogens (tertiary/aromatic N) is 3. The molecule has 5 heteroatoms. The first-order chi connectivity index (χ1) is 11.2. The molecule has 1 aromatic carbocycles. The average Bonchev–Trinajstić information content (AvgIpc) is 3.29. The van der Waals surface area contributed by atoms with Crippen molar-refractivity contribution in [2.45, 2.75) is 32.4 Å². The number of para-hydroxylation sites is 1. The van der Waals surface area contributed by atoms with Gasteiger partial charge in [0.2, 0.25) is 0 Å². The van der Waals surface area contributed by atoms with Gasteiger partial charge in [-0.2, -0.15) is 5.10 Å². The van der Waals surface area contributed by atoms with Gasteiger partial charge in [0.1, 0.15) is 5.58 Å². The lowest BCUT2D eigenvalue weighted by Crippen LogP contribution is -2.38. The molecule has 0 bridgehead atoms. The van der Waals surface area contributed by atoms with Crippen LogP contribution in [-0.2, 0) is 6.54 Å². The molecule has 1 aliphatic rings. The highest BCUT2D eigenvalue weighted by Gasteiger charge is 2.32. The van der Waals surface area contributed by atoms with Gasteiger partial charge in [-0.25, -0.2) is 0 Å². The van der Waals surface area contributed by atoms with Gasteiger partial charge in [-0.05, 0) is 31.9 Å². The first kappa shape index (κ1) is 14.1. The van der Waals surface area contributed by atoms with Crippen LogP contribution in [0.15, 0.2) is 47.1 Å². The van der Waals surface area contributed by atoms with E-state index in [4.69, 9.17) is 4.42 Å². The third kappa shape index (κ3) is 2.42. The predicted molar refractivity (Wildman–Crippen MR) is 87.2 cm³/mol. The number of hydrogen-bond acceptors (Lipinski definition) is 3. The number of likely N-dealkylation sites (tertiary alicyclic amines) is 1. The SMILES string of the molecule is Cc1c(C(=O)N2CCCC2Cn2cccn2)oc2ccccc12. The second-order valence-electron chi connectivity index (χ2n) is 6.08. The Morgan fingerprint density at radius 1 is 1.35 bits per heavy atom. The van der Waals surface area contributed by atoms with Crippen LogP contribution in [0, 0.1) is 6.92 Å². The van der Waals surface area contributed by atoms with E-state index in [1.807, 2.05) is 53.0 Å². The summed E-state index contributed by atoms with van der Waals surface area (Å²) < 4.78 is 7.73. The average molecular weight is 309 g/mol. The molecule has 1 amide bonds. The molecule has 23 heavy (non-hydrogen) atoms. The molecule has 2 aromatic heterocycles. The number of benzene rings is 1. The molecule has 4 rings (SSSR count). The quantitative estimate of drug-likeness (QED) is 0.746. The lowest BCUT2D eigenvalue weighted by atomic mass is 10.1. The summed E-state index contributed by atoms with van der Waals surface area (Å²) in [6.07, 6.45) is 5.74. The summed E-state index contributed by atoms with van der Waals surface area (Å²) in [6.45, 7) is 3.47. The second kappa shape index (κ2) is 5.57. The number of amides is 1. The van der Waals surface area contributed by atoms with Crippen LogP contribution in [0.4, 0.5) is 0 Å². The zero-order valence-corrected chi connectivity index (χ0v) is 13.1. The van der Waals surface area contributed by atoms with Crippen molar-refractivity contribution in [2.24, 2.45) is 0 Å². The number of aryl methyl sites for hydroxylation is 1. The highest BCUT2D eigenvalue weighted by Crippen LogP contribution is 2.28. The van der Waals surface area contributed by atoms with Crippen molar-refractivity contribution >= 4 is 16.9 Å².